The van der Waals surface area contributed by atoms with E-state index in [0.717, 1.165) is 49.8 Å². The van der Waals surface area contributed by atoms with Crippen molar-refractivity contribution in [2.24, 2.45) is 5.92 Å². The molecule has 0 bridgehead atoms. The highest BCUT2D eigenvalue weighted by atomic mass is 15.3. The zero-order chi connectivity index (χ0) is 16.9. The van der Waals surface area contributed by atoms with E-state index in [1.54, 1.807) is 0 Å². The largest absolute Gasteiger partial charge is 0.351 e. The van der Waals surface area contributed by atoms with Crippen LogP contribution in [0.4, 0.5) is 5.82 Å². The molecule has 1 aliphatic rings. The van der Waals surface area contributed by atoms with Gasteiger partial charge >= 0.3 is 0 Å². The van der Waals surface area contributed by atoms with Crippen LogP contribution in [0, 0.1) is 5.92 Å². The maximum absolute atomic E-state index is 4.73. The average molecular weight is 325 g/mol. The van der Waals surface area contributed by atoms with Crippen LogP contribution in [-0.4, -0.2) is 40.5 Å². The minimum absolute atomic E-state index is 0.607. The summed E-state index contributed by atoms with van der Waals surface area (Å²) in [7, 11) is 0. The molecule has 1 fully saturated rings. The predicted octanol–water partition coefficient (Wildman–Crippen LogP) is 3.14. The fraction of sp³-hybridized carbons (Fsp3) is 0.474. The van der Waals surface area contributed by atoms with Gasteiger partial charge in [0.1, 0.15) is 0 Å². The highest BCUT2D eigenvalue weighted by molar-refractivity contribution is 5.71. The molecule has 5 heteroatoms. The molecule has 2 aromatic heterocycles. The normalized spacial score (nSPS) is 17.8. The number of nitrogens with zero attached hydrogens (tertiary/aromatic N) is 4. The summed E-state index contributed by atoms with van der Waals surface area (Å²) in [5.41, 5.74) is 3.22. The van der Waals surface area contributed by atoms with E-state index in [2.05, 4.69) is 58.6 Å². The van der Waals surface area contributed by atoms with Gasteiger partial charge in [-0.3, -0.25) is 4.40 Å². The molecule has 0 unspecified atom stereocenters. The lowest BCUT2D eigenvalue weighted by molar-refractivity contribution is 0.585. The monoisotopic (exact) mass is 325 g/mol. The van der Waals surface area contributed by atoms with Crippen molar-refractivity contribution in [1.82, 2.24) is 19.7 Å². The van der Waals surface area contributed by atoms with Crippen molar-refractivity contribution in [2.75, 3.05) is 31.1 Å². The van der Waals surface area contributed by atoms with Crippen molar-refractivity contribution in [1.29, 1.82) is 0 Å². The third-order valence-electron chi connectivity index (χ3n) is 4.66. The molecule has 128 valence electrons. The topological polar surface area (TPSA) is 45.5 Å². The summed E-state index contributed by atoms with van der Waals surface area (Å²) in [5, 5.41) is 3.38. The standard InChI is InChI=1S/C19H27N5/c1-4-15(2)6-5-7-16(3)17-14-22-18(19-21-10-13-24(17)19)23-11-8-20-9-12-23/h5-7,10,13-15,20H,4,8-9,11-12H2,1-3H3/b6-5-,16-7+/t15-/m1/s1. The Hall–Kier alpha value is -2.14. The van der Waals surface area contributed by atoms with Crippen LogP contribution in [0.5, 0.6) is 0 Å². The Morgan fingerprint density at radius 3 is 2.88 bits per heavy atom. The summed E-state index contributed by atoms with van der Waals surface area (Å²) < 4.78 is 2.15. The molecular weight excluding hydrogens is 298 g/mol. The van der Waals surface area contributed by atoms with Gasteiger partial charge in [-0.25, -0.2) is 9.97 Å². The van der Waals surface area contributed by atoms with Crippen LogP contribution in [0.25, 0.3) is 11.2 Å². The molecule has 3 rings (SSSR count). The van der Waals surface area contributed by atoms with Gasteiger partial charge in [0.25, 0.3) is 0 Å². The molecule has 0 amide bonds. The molecule has 0 aliphatic carbocycles. The van der Waals surface area contributed by atoms with Crippen molar-refractivity contribution in [3.63, 3.8) is 0 Å². The average Bonchev–Trinajstić information content (AvgIpc) is 3.11. The molecule has 2 aromatic rings. The van der Waals surface area contributed by atoms with Gasteiger partial charge in [-0.15, -0.1) is 0 Å². The van der Waals surface area contributed by atoms with E-state index in [4.69, 9.17) is 4.98 Å². The van der Waals surface area contributed by atoms with Crippen molar-refractivity contribution < 1.29 is 0 Å². The van der Waals surface area contributed by atoms with Crippen LogP contribution in [-0.2, 0) is 0 Å². The molecule has 0 spiro atoms. The summed E-state index contributed by atoms with van der Waals surface area (Å²) >= 11 is 0. The lowest BCUT2D eigenvalue weighted by atomic mass is 10.1. The number of allylic oxidation sites excluding steroid dienone is 4. The van der Waals surface area contributed by atoms with Crippen LogP contribution in [0.15, 0.2) is 36.8 Å². The van der Waals surface area contributed by atoms with E-state index in [0.29, 0.717) is 5.92 Å². The smallest absolute Gasteiger partial charge is 0.180 e. The van der Waals surface area contributed by atoms with Crippen LogP contribution < -0.4 is 10.2 Å². The van der Waals surface area contributed by atoms with Crippen molar-refractivity contribution in [3.8, 4) is 0 Å². The van der Waals surface area contributed by atoms with Gasteiger partial charge in [-0.2, -0.15) is 0 Å². The van der Waals surface area contributed by atoms with E-state index in [9.17, 15) is 0 Å². The Balaban J connectivity index is 1.91. The van der Waals surface area contributed by atoms with Crippen LogP contribution >= 0.6 is 0 Å². The summed E-state index contributed by atoms with van der Waals surface area (Å²) in [6, 6.07) is 0. The molecule has 1 aliphatic heterocycles. The molecule has 5 nitrogen and oxygen atoms in total. The van der Waals surface area contributed by atoms with Crippen LogP contribution in [0.1, 0.15) is 32.9 Å². The Bertz CT molecular complexity index is 737. The minimum Gasteiger partial charge on any atom is -0.351 e. The maximum atomic E-state index is 4.73. The number of nitrogens with one attached hydrogen (secondary N) is 1. The molecular formula is C19H27N5. The molecule has 0 saturated carbocycles. The summed E-state index contributed by atoms with van der Waals surface area (Å²) in [6.45, 7) is 10.5. The van der Waals surface area contributed by atoms with Gasteiger partial charge in [-0.1, -0.05) is 38.5 Å². The van der Waals surface area contributed by atoms with Gasteiger partial charge in [0.15, 0.2) is 11.5 Å². The molecule has 1 saturated heterocycles. The highest BCUT2D eigenvalue weighted by Gasteiger charge is 2.17. The Labute approximate surface area is 144 Å². The van der Waals surface area contributed by atoms with E-state index < -0.39 is 0 Å². The van der Waals surface area contributed by atoms with Crippen molar-refractivity contribution in [2.45, 2.75) is 27.2 Å². The number of imidazole rings is 1. The van der Waals surface area contributed by atoms with Crippen molar-refractivity contribution in [3.05, 3.63) is 42.5 Å². The third-order valence-corrected chi connectivity index (χ3v) is 4.66. The maximum Gasteiger partial charge on any atom is 0.180 e. The molecule has 1 N–H and O–H groups in total. The molecule has 24 heavy (non-hydrogen) atoms. The third kappa shape index (κ3) is 3.51. The zero-order valence-electron chi connectivity index (χ0n) is 14.9. The Morgan fingerprint density at radius 1 is 1.33 bits per heavy atom. The molecule has 0 radical (unpaired) electrons. The first kappa shape index (κ1) is 16.7. The van der Waals surface area contributed by atoms with E-state index in [1.807, 2.05) is 18.6 Å². The molecule has 3 heterocycles. The first-order valence-electron chi connectivity index (χ1n) is 8.84. The molecule has 1 atom stereocenters. The second kappa shape index (κ2) is 7.62. The van der Waals surface area contributed by atoms with E-state index in [1.165, 1.54) is 5.57 Å². The SMILES string of the molecule is CC[C@@H](C)/C=C\C=C(/C)c1cnc(N2CCNCC2)c2nccn12. The van der Waals surface area contributed by atoms with E-state index >= 15 is 0 Å². The van der Waals surface area contributed by atoms with Crippen molar-refractivity contribution >= 4 is 17.0 Å². The predicted molar refractivity (Wildman–Crippen MR) is 100 cm³/mol. The minimum atomic E-state index is 0.607. The molecule has 0 aromatic carbocycles. The number of anilines is 1. The van der Waals surface area contributed by atoms with Gasteiger partial charge in [-0.05, 0) is 18.4 Å². The number of fused-ring (bicyclic) bond motifs is 1. The zero-order valence-corrected chi connectivity index (χ0v) is 14.9. The second-order valence-electron chi connectivity index (χ2n) is 6.45. The summed E-state index contributed by atoms with van der Waals surface area (Å²) in [6.07, 6.45) is 13.6. The first-order valence-corrected chi connectivity index (χ1v) is 8.84. The second-order valence-corrected chi connectivity index (χ2v) is 6.45. The Kier molecular flexibility index (Phi) is 5.30. The summed E-state index contributed by atoms with van der Waals surface area (Å²) in [4.78, 5) is 11.6. The van der Waals surface area contributed by atoms with Gasteiger partial charge in [0, 0.05) is 38.6 Å². The fourth-order valence-corrected chi connectivity index (χ4v) is 2.91. The van der Waals surface area contributed by atoms with Gasteiger partial charge in [0.2, 0.25) is 0 Å². The van der Waals surface area contributed by atoms with Crippen LogP contribution in [0.2, 0.25) is 0 Å². The lowest BCUT2D eigenvalue weighted by Crippen LogP contribution is -2.44. The number of hydrogen-bond donors (Lipinski definition) is 1. The number of aromatic nitrogens is 3. The lowest BCUT2D eigenvalue weighted by Gasteiger charge is -2.28. The van der Waals surface area contributed by atoms with Crippen LogP contribution in [0.3, 0.4) is 0 Å². The number of hydrogen-bond acceptors (Lipinski definition) is 4. The summed E-state index contributed by atoms with van der Waals surface area (Å²) in [5.74, 6) is 1.59. The van der Waals surface area contributed by atoms with E-state index in [-0.39, 0.29) is 0 Å². The fourth-order valence-electron chi connectivity index (χ4n) is 2.91. The first-order chi connectivity index (χ1) is 11.7. The highest BCUT2D eigenvalue weighted by Crippen LogP contribution is 2.23. The number of rotatable bonds is 5. The number of piperazine rings is 1. The Morgan fingerprint density at radius 2 is 2.12 bits per heavy atom. The van der Waals surface area contributed by atoms with Gasteiger partial charge < -0.3 is 10.2 Å². The quantitative estimate of drug-likeness (QED) is 0.858. The van der Waals surface area contributed by atoms with Gasteiger partial charge in [0.05, 0.1) is 11.9 Å².